The maximum absolute atomic E-state index is 12.9. The normalized spacial score (nSPS) is 16.9. The van der Waals surface area contributed by atoms with E-state index < -0.39 is 0 Å². The number of carbonyl (C=O) groups excluding carboxylic acids is 1. The lowest BCUT2D eigenvalue weighted by molar-refractivity contribution is 0.0684. The molecule has 5 nitrogen and oxygen atoms in total. The van der Waals surface area contributed by atoms with E-state index in [9.17, 15) is 9.18 Å². The molecule has 0 unspecified atom stereocenters. The van der Waals surface area contributed by atoms with E-state index in [1.54, 1.807) is 0 Å². The molecule has 1 amide bonds. The van der Waals surface area contributed by atoms with Crippen LogP contribution in [0, 0.1) is 17.7 Å². The zero-order valence-electron chi connectivity index (χ0n) is 14.2. The summed E-state index contributed by atoms with van der Waals surface area (Å²) >= 11 is 0. The summed E-state index contributed by atoms with van der Waals surface area (Å²) in [4.78, 5) is 18.8. The first-order valence-corrected chi connectivity index (χ1v) is 8.72. The number of amides is 1. The molecule has 0 saturated heterocycles. The molecule has 0 N–H and O–H groups in total. The topological polar surface area (TPSA) is 55.6 Å². The Kier molecular flexibility index (Phi) is 4.19. The summed E-state index contributed by atoms with van der Waals surface area (Å²) in [6, 6.07) is 6.06. The van der Waals surface area contributed by atoms with Crippen LogP contribution in [0.25, 0.3) is 0 Å². The Hall–Kier alpha value is -2.37. The highest BCUT2D eigenvalue weighted by Gasteiger charge is 2.45. The van der Waals surface area contributed by atoms with Crippen LogP contribution in [0.5, 0.6) is 5.75 Å². The van der Waals surface area contributed by atoms with Gasteiger partial charge >= 0.3 is 0 Å². The summed E-state index contributed by atoms with van der Waals surface area (Å²) in [6.07, 6.45) is 6.25. The maximum Gasteiger partial charge on any atom is 0.275 e. The number of nitrogens with zero attached hydrogens (tertiary/aromatic N) is 2. The van der Waals surface area contributed by atoms with Gasteiger partial charge < -0.3 is 14.1 Å². The molecule has 0 spiro atoms. The van der Waals surface area contributed by atoms with E-state index in [2.05, 4.69) is 4.98 Å². The highest BCUT2D eigenvalue weighted by atomic mass is 19.1. The van der Waals surface area contributed by atoms with Gasteiger partial charge in [-0.1, -0.05) is 0 Å². The van der Waals surface area contributed by atoms with Gasteiger partial charge in [0.05, 0.1) is 0 Å². The molecule has 132 valence electrons. The third kappa shape index (κ3) is 3.67. The van der Waals surface area contributed by atoms with Crippen LogP contribution in [-0.2, 0) is 6.61 Å². The lowest BCUT2D eigenvalue weighted by Crippen LogP contribution is -2.40. The summed E-state index contributed by atoms with van der Waals surface area (Å²) in [6.45, 7) is 0.0945. The molecule has 2 aliphatic carbocycles. The highest BCUT2D eigenvalue weighted by Crippen LogP contribution is 2.47. The molecule has 2 aliphatic rings. The standard InChI is InChI=1S/C19H21FN2O3/c1-22(18(12-2-3-12)13-4-5-13)19(23)16-10-25-17(21-16)11-24-15-8-6-14(20)7-9-15/h6-10,12-13,18H,2-5,11H2,1H3. The van der Waals surface area contributed by atoms with Crippen molar-refractivity contribution in [3.63, 3.8) is 0 Å². The molecule has 2 aromatic rings. The molecule has 25 heavy (non-hydrogen) atoms. The number of rotatable bonds is 7. The second kappa shape index (κ2) is 6.50. The Morgan fingerprint density at radius 1 is 1.28 bits per heavy atom. The predicted octanol–water partition coefficient (Wildman–Crippen LogP) is 3.65. The zero-order valence-corrected chi connectivity index (χ0v) is 14.2. The van der Waals surface area contributed by atoms with Crippen molar-refractivity contribution in [1.29, 1.82) is 0 Å². The van der Waals surface area contributed by atoms with Gasteiger partial charge in [0.15, 0.2) is 12.3 Å². The number of hydrogen-bond donors (Lipinski definition) is 0. The van der Waals surface area contributed by atoms with Crippen molar-refractivity contribution in [3.8, 4) is 5.75 Å². The molecular formula is C19H21FN2O3. The van der Waals surface area contributed by atoms with Crippen LogP contribution in [0.15, 0.2) is 34.9 Å². The fraction of sp³-hybridized carbons (Fsp3) is 0.474. The Morgan fingerprint density at radius 3 is 2.52 bits per heavy atom. The van der Waals surface area contributed by atoms with E-state index in [1.807, 2.05) is 11.9 Å². The minimum absolute atomic E-state index is 0.0945. The van der Waals surface area contributed by atoms with Crippen LogP contribution in [0.3, 0.4) is 0 Å². The Balaban J connectivity index is 1.38. The number of aromatic nitrogens is 1. The van der Waals surface area contributed by atoms with Crippen LogP contribution in [0.4, 0.5) is 4.39 Å². The monoisotopic (exact) mass is 344 g/mol. The van der Waals surface area contributed by atoms with E-state index in [-0.39, 0.29) is 18.3 Å². The van der Waals surface area contributed by atoms with Crippen LogP contribution in [0.2, 0.25) is 0 Å². The van der Waals surface area contributed by atoms with Crippen LogP contribution in [-0.4, -0.2) is 28.9 Å². The average Bonchev–Trinajstić information content (AvgIpc) is 3.55. The summed E-state index contributed by atoms with van der Waals surface area (Å²) in [5.74, 6) is 1.73. The van der Waals surface area contributed by atoms with E-state index in [4.69, 9.17) is 9.15 Å². The Labute approximate surface area is 145 Å². The third-order valence-corrected chi connectivity index (χ3v) is 4.92. The molecule has 2 fully saturated rings. The van der Waals surface area contributed by atoms with Gasteiger partial charge in [-0.25, -0.2) is 9.37 Å². The molecule has 0 bridgehead atoms. The van der Waals surface area contributed by atoms with Crippen LogP contribution >= 0.6 is 0 Å². The fourth-order valence-electron chi connectivity index (χ4n) is 3.36. The molecule has 0 radical (unpaired) electrons. The van der Waals surface area contributed by atoms with Gasteiger partial charge in [0.25, 0.3) is 5.91 Å². The molecular weight excluding hydrogens is 323 g/mol. The average molecular weight is 344 g/mol. The van der Waals surface area contributed by atoms with Crippen molar-refractivity contribution < 1.29 is 18.3 Å². The molecule has 1 aromatic carbocycles. The smallest absolute Gasteiger partial charge is 0.275 e. The van der Waals surface area contributed by atoms with E-state index in [0.29, 0.717) is 35.2 Å². The van der Waals surface area contributed by atoms with Gasteiger partial charge in [0, 0.05) is 13.1 Å². The van der Waals surface area contributed by atoms with Gasteiger partial charge in [-0.2, -0.15) is 0 Å². The van der Waals surface area contributed by atoms with Crippen molar-refractivity contribution in [2.45, 2.75) is 38.3 Å². The predicted molar refractivity (Wildman–Crippen MR) is 88.6 cm³/mol. The first-order valence-electron chi connectivity index (χ1n) is 8.72. The van der Waals surface area contributed by atoms with Crippen molar-refractivity contribution in [3.05, 3.63) is 47.9 Å². The van der Waals surface area contributed by atoms with E-state index >= 15 is 0 Å². The maximum atomic E-state index is 12.9. The molecule has 2 saturated carbocycles. The summed E-state index contributed by atoms with van der Waals surface area (Å²) in [5, 5.41) is 0. The lowest BCUT2D eigenvalue weighted by Gasteiger charge is -2.27. The van der Waals surface area contributed by atoms with Gasteiger partial charge in [0.2, 0.25) is 5.89 Å². The highest BCUT2D eigenvalue weighted by molar-refractivity contribution is 5.92. The number of oxazole rings is 1. The van der Waals surface area contributed by atoms with Gasteiger partial charge in [-0.15, -0.1) is 0 Å². The van der Waals surface area contributed by atoms with Crippen LogP contribution in [0.1, 0.15) is 42.1 Å². The Morgan fingerprint density at radius 2 is 1.92 bits per heavy atom. The number of hydrogen-bond acceptors (Lipinski definition) is 4. The Bertz CT molecular complexity index is 738. The first-order chi connectivity index (χ1) is 12.1. The van der Waals surface area contributed by atoms with Crippen molar-refractivity contribution in [1.82, 2.24) is 9.88 Å². The minimum Gasteiger partial charge on any atom is -0.484 e. The molecule has 0 atom stereocenters. The van der Waals surface area contributed by atoms with Gasteiger partial charge in [-0.3, -0.25) is 4.79 Å². The largest absolute Gasteiger partial charge is 0.484 e. The summed E-state index contributed by atoms with van der Waals surface area (Å²) < 4.78 is 23.7. The molecule has 4 rings (SSSR count). The number of halogens is 1. The molecule has 1 heterocycles. The van der Waals surface area contributed by atoms with Gasteiger partial charge in [0.1, 0.15) is 17.8 Å². The zero-order chi connectivity index (χ0) is 17.4. The quantitative estimate of drug-likeness (QED) is 0.769. The SMILES string of the molecule is CN(C(=O)c1coc(COc2ccc(F)cc2)n1)C(C1CC1)C1CC1. The van der Waals surface area contributed by atoms with Crippen molar-refractivity contribution >= 4 is 5.91 Å². The minimum atomic E-state index is -0.319. The third-order valence-electron chi connectivity index (χ3n) is 4.92. The van der Waals surface area contributed by atoms with Gasteiger partial charge in [-0.05, 0) is 61.8 Å². The molecule has 0 aliphatic heterocycles. The van der Waals surface area contributed by atoms with Crippen LogP contribution < -0.4 is 4.74 Å². The lowest BCUT2D eigenvalue weighted by atomic mass is 10.1. The second-order valence-corrected chi connectivity index (χ2v) is 6.95. The van der Waals surface area contributed by atoms with E-state index in [1.165, 1.54) is 56.2 Å². The number of carbonyl (C=O) groups is 1. The summed E-state index contributed by atoms with van der Waals surface area (Å²) in [7, 11) is 1.87. The second-order valence-electron chi connectivity index (χ2n) is 6.95. The number of ether oxygens (including phenoxy) is 1. The van der Waals surface area contributed by atoms with E-state index in [0.717, 1.165) is 0 Å². The first kappa shape index (κ1) is 16.1. The molecule has 1 aromatic heterocycles. The number of benzene rings is 1. The van der Waals surface area contributed by atoms with Crippen molar-refractivity contribution in [2.24, 2.45) is 11.8 Å². The summed E-state index contributed by atoms with van der Waals surface area (Å²) in [5.41, 5.74) is 0.312. The molecule has 6 heteroatoms. The fourth-order valence-corrected chi connectivity index (χ4v) is 3.36. The van der Waals surface area contributed by atoms with Crippen molar-refractivity contribution in [2.75, 3.05) is 7.05 Å².